The molecule has 0 fully saturated rings. The van der Waals surface area contributed by atoms with Crippen molar-refractivity contribution < 1.29 is 0 Å². The molecule has 3 nitrogen and oxygen atoms in total. The monoisotopic (exact) mass is 299 g/mol. The number of hydrogen-bond acceptors (Lipinski definition) is 3. The zero-order valence-electron chi connectivity index (χ0n) is 8.00. The Bertz CT molecular complexity index is 406. The van der Waals surface area contributed by atoms with E-state index in [9.17, 15) is 0 Å². The summed E-state index contributed by atoms with van der Waals surface area (Å²) in [7, 11) is 0. The highest BCUT2D eigenvalue weighted by molar-refractivity contribution is 14.1. The summed E-state index contributed by atoms with van der Waals surface area (Å²) < 4.78 is 0.958. The van der Waals surface area contributed by atoms with Crippen LogP contribution in [-0.2, 0) is 0 Å². The molecule has 1 aromatic rings. The number of aryl methyl sites for hydroxylation is 2. The summed E-state index contributed by atoms with van der Waals surface area (Å²) in [5, 5.41) is 0. The second-order valence-electron chi connectivity index (χ2n) is 2.79. The van der Waals surface area contributed by atoms with Crippen LogP contribution in [0.5, 0.6) is 0 Å². The van der Waals surface area contributed by atoms with E-state index in [2.05, 4.69) is 38.5 Å². The first-order chi connectivity index (χ1) is 6.56. The van der Waals surface area contributed by atoms with Crippen molar-refractivity contribution in [3.8, 4) is 12.3 Å². The van der Waals surface area contributed by atoms with E-state index >= 15 is 0 Å². The minimum atomic E-state index is 0.300. The molecular formula is C10H10IN3. The third kappa shape index (κ3) is 2.23. The summed E-state index contributed by atoms with van der Waals surface area (Å²) in [6, 6.07) is 0. The summed E-state index contributed by atoms with van der Waals surface area (Å²) in [6.45, 7) is 3.78. The number of aromatic nitrogens is 2. The number of allylic oxidation sites excluding steroid dienone is 1. The van der Waals surface area contributed by atoms with E-state index < -0.39 is 0 Å². The van der Waals surface area contributed by atoms with Gasteiger partial charge in [0.25, 0.3) is 0 Å². The van der Waals surface area contributed by atoms with Gasteiger partial charge >= 0.3 is 0 Å². The highest BCUT2D eigenvalue weighted by Crippen LogP contribution is 2.26. The van der Waals surface area contributed by atoms with Crippen molar-refractivity contribution in [3.63, 3.8) is 0 Å². The van der Waals surface area contributed by atoms with E-state index in [0.29, 0.717) is 5.95 Å². The highest BCUT2D eigenvalue weighted by Gasteiger charge is 2.09. The van der Waals surface area contributed by atoms with Crippen LogP contribution < -0.4 is 5.73 Å². The fraction of sp³-hybridized carbons (Fsp3) is 0.200. The smallest absolute Gasteiger partial charge is 0.220 e. The summed E-state index contributed by atoms with van der Waals surface area (Å²) in [5.74, 6) is 2.78. The van der Waals surface area contributed by atoms with Gasteiger partial charge in [-0.1, -0.05) is 5.92 Å². The third-order valence-corrected chi connectivity index (χ3v) is 2.59. The first kappa shape index (κ1) is 11.0. The van der Waals surface area contributed by atoms with E-state index in [1.807, 2.05) is 13.8 Å². The third-order valence-electron chi connectivity index (χ3n) is 1.74. The molecule has 0 spiro atoms. The molecule has 0 bridgehead atoms. The maximum atomic E-state index is 5.52. The summed E-state index contributed by atoms with van der Waals surface area (Å²) in [5.41, 5.74) is 8.19. The van der Waals surface area contributed by atoms with Gasteiger partial charge < -0.3 is 5.73 Å². The van der Waals surface area contributed by atoms with Gasteiger partial charge in [0.2, 0.25) is 5.95 Å². The highest BCUT2D eigenvalue weighted by atomic mass is 127. The molecule has 1 heterocycles. The van der Waals surface area contributed by atoms with Crippen LogP contribution in [0.4, 0.5) is 5.95 Å². The minimum Gasteiger partial charge on any atom is -0.368 e. The lowest BCUT2D eigenvalue weighted by Gasteiger charge is -2.07. The molecule has 0 aliphatic heterocycles. The first-order valence-corrected chi connectivity index (χ1v) is 5.07. The molecule has 0 aliphatic rings. The number of nitrogens with two attached hydrogens (primary N) is 1. The van der Waals surface area contributed by atoms with E-state index in [-0.39, 0.29) is 0 Å². The molecule has 0 radical (unpaired) electrons. The summed E-state index contributed by atoms with van der Waals surface area (Å²) >= 11 is 2.17. The molecule has 14 heavy (non-hydrogen) atoms. The Kier molecular flexibility index (Phi) is 3.47. The molecule has 0 amide bonds. The standard InChI is InChI=1S/C10H10IN3/c1-4-5-8(11)9-6(2)13-10(12)14-7(9)3/h1,5H,2-3H3,(H2,12,13,14)/b8-5+. The van der Waals surface area contributed by atoms with Crippen molar-refractivity contribution in [2.45, 2.75) is 13.8 Å². The minimum absolute atomic E-state index is 0.300. The van der Waals surface area contributed by atoms with Crippen LogP contribution in [0.15, 0.2) is 6.08 Å². The van der Waals surface area contributed by atoms with Crippen molar-refractivity contribution >= 4 is 32.1 Å². The van der Waals surface area contributed by atoms with Crippen LogP contribution in [0.3, 0.4) is 0 Å². The quantitative estimate of drug-likeness (QED) is 0.638. The molecule has 0 saturated heterocycles. The Balaban J connectivity index is 3.37. The van der Waals surface area contributed by atoms with Crippen molar-refractivity contribution in [3.05, 3.63) is 23.0 Å². The molecule has 0 aliphatic carbocycles. The average molecular weight is 299 g/mol. The number of nitrogen functional groups attached to an aromatic ring is 1. The molecular weight excluding hydrogens is 289 g/mol. The van der Waals surface area contributed by atoms with Gasteiger partial charge in [0, 0.05) is 15.2 Å². The lowest BCUT2D eigenvalue weighted by molar-refractivity contribution is 1.06. The van der Waals surface area contributed by atoms with E-state index in [4.69, 9.17) is 12.2 Å². The Labute approximate surface area is 97.0 Å². The Hall–Kier alpha value is -1.09. The summed E-state index contributed by atoms with van der Waals surface area (Å²) in [4.78, 5) is 8.18. The molecule has 4 heteroatoms. The number of halogens is 1. The predicted octanol–water partition coefficient (Wildman–Crippen LogP) is 2.08. The molecule has 0 unspecified atom stereocenters. The molecule has 0 saturated carbocycles. The Morgan fingerprint density at radius 1 is 1.43 bits per heavy atom. The van der Waals surface area contributed by atoms with Crippen LogP contribution in [-0.4, -0.2) is 9.97 Å². The lowest BCUT2D eigenvalue weighted by Crippen LogP contribution is -2.02. The number of hydrogen-bond donors (Lipinski definition) is 1. The number of nitrogens with zero attached hydrogens (tertiary/aromatic N) is 2. The molecule has 0 atom stereocenters. The van der Waals surface area contributed by atoms with Gasteiger partial charge in [-0.15, -0.1) is 6.42 Å². The maximum Gasteiger partial charge on any atom is 0.220 e. The topological polar surface area (TPSA) is 51.8 Å². The fourth-order valence-electron chi connectivity index (χ4n) is 1.23. The average Bonchev–Trinajstić information content (AvgIpc) is 2.01. The number of anilines is 1. The fourth-order valence-corrected chi connectivity index (χ4v) is 2.19. The summed E-state index contributed by atoms with van der Waals surface area (Å²) in [6.07, 6.45) is 6.89. The van der Waals surface area contributed by atoms with Gasteiger partial charge in [0.15, 0.2) is 0 Å². The molecule has 1 rings (SSSR count). The molecule has 0 aromatic carbocycles. The molecule has 72 valence electrons. The van der Waals surface area contributed by atoms with Gasteiger partial charge in [-0.05, 0) is 36.4 Å². The van der Waals surface area contributed by atoms with Crippen LogP contribution in [0.2, 0.25) is 0 Å². The zero-order chi connectivity index (χ0) is 10.7. The number of rotatable bonds is 1. The van der Waals surface area contributed by atoms with Crippen LogP contribution in [0, 0.1) is 26.2 Å². The normalized spacial score (nSPS) is 11.1. The first-order valence-electron chi connectivity index (χ1n) is 3.99. The molecule has 2 N–H and O–H groups in total. The van der Waals surface area contributed by atoms with Gasteiger partial charge in [0.1, 0.15) is 0 Å². The zero-order valence-corrected chi connectivity index (χ0v) is 10.2. The van der Waals surface area contributed by atoms with E-state index in [1.165, 1.54) is 0 Å². The van der Waals surface area contributed by atoms with Gasteiger partial charge in [-0.25, -0.2) is 9.97 Å². The van der Waals surface area contributed by atoms with Crippen molar-refractivity contribution in [2.24, 2.45) is 0 Å². The van der Waals surface area contributed by atoms with E-state index in [1.54, 1.807) is 6.08 Å². The van der Waals surface area contributed by atoms with Gasteiger partial charge in [0.05, 0.1) is 11.4 Å². The van der Waals surface area contributed by atoms with Crippen LogP contribution in [0.1, 0.15) is 17.0 Å². The van der Waals surface area contributed by atoms with Gasteiger partial charge in [-0.3, -0.25) is 0 Å². The van der Waals surface area contributed by atoms with Crippen LogP contribution >= 0.6 is 22.6 Å². The second-order valence-corrected chi connectivity index (χ2v) is 3.95. The van der Waals surface area contributed by atoms with Crippen molar-refractivity contribution in [1.82, 2.24) is 9.97 Å². The lowest BCUT2D eigenvalue weighted by atomic mass is 10.1. The molecule has 1 aromatic heterocycles. The van der Waals surface area contributed by atoms with Crippen molar-refractivity contribution in [2.75, 3.05) is 5.73 Å². The van der Waals surface area contributed by atoms with Gasteiger partial charge in [-0.2, -0.15) is 0 Å². The largest absolute Gasteiger partial charge is 0.368 e. The Morgan fingerprint density at radius 3 is 2.36 bits per heavy atom. The van der Waals surface area contributed by atoms with E-state index in [0.717, 1.165) is 20.5 Å². The second kappa shape index (κ2) is 4.42. The predicted molar refractivity (Wildman–Crippen MR) is 66.7 cm³/mol. The number of terminal acetylenes is 1. The maximum absolute atomic E-state index is 5.52. The Morgan fingerprint density at radius 2 is 1.93 bits per heavy atom. The SMILES string of the molecule is C#C/C=C(/I)c1c(C)nc(N)nc1C. The van der Waals surface area contributed by atoms with Crippen molar-refractivity contribution in [1.29, 1.82) is 0 Å². The van der Waals surface area contributed by atoms with Crippen LogP contribution in [0.25, 0.3) is 3.58 Å².